The van der Waals surface area contributed by atoms with Gasteiger partial charge in [0.1, 0.15) is 5.82 Å². The van der Waals surface area contributed by atoms with Crippen molar-refractivity contribution in [3.05, 3.63) is 23.9 Å². The normalized spacial score (nSPS) is 18.1. The average Bonchev–Trinajstić information content (AvgIpc) is 2.37. The highest BCUT2D eigenvalue weighted by Gasteiger charge is 2.24. The number of rotatable bonds is 2. The fourth-order valence-corrected chi connectivity index (χ4v) is 3.25. The molecule has 2 nitrogen and oxygen atoms in total. The molecule has 0 saturated carbocycles. The molecule has 0 amide bonds. The average molecular weight is 288 g/mol. The van der Waals surface area contributed by atoms with E-state index in [-0.39, 0.29) is 5.41 Å². The molecule has 0 radical (unpaired) electrons. The molecule has 0 aliphatic carbocycles. The highest BCUT2D eigenvalue weighted by molar-refractivity contribution is 5.40. The number of hydrogen-bond acceptors (Lipinski definition) is 2. The van der Waals surface area contributed by atoms with Gasteiger partial charge in [0, 0.05) is 19.3 Å². The van der Waals surface area contributed by atoms with E-state index < -0.39 is 0 Å². The topological polar surface area (TPSA) is 16.1 Å². The Kier molecular flexibility index (Phi) is 4.65. The van der Waals surface area contributed by atoms with Gasteiger partial charge in [0.15, 0.2) is 0 Å². The predicted molar refractivity (Wildman–Crippen MR) is 91.9 cm³/mol. The van der Waals surface area contributed by atoms with E-state index in [2.05, 4.69) is 64.8 Å². The van der Waals surface area contributed by atoms with Gasteiger partial charge in [-0.3, -0.25) is 0 Å². The zero-order chi connectivity index (χ0) is 15.7. The quantitative estimate of drug-likeness (QED) is 0.758. The van der Waals surface area contributed by atoms with Gasteiger partial charge in [0.2, 0.25) is 0 Å². The van der Waals surface area contributed by atoms with Crippen LogP contribution in [-0.2, 0) is 5.41 Å². The molecule has 21 heavy (non-hydrogen) atoms. The molecule has 2 rings (SSSR count). The molecule has 1 aliphatic rings. The van der Waals surface area contributed by atoms with Gasteiger partial charge in [0.05, 0.1) is 0 Å². The molecular formula is C19H32N2. The first-order valence-corrected chi connectivity index (χ1v) is 8.37. The van der Waals surface area contributed by atoms with Gasteiger partial charge >= 0.3 is 0 Å². The highest BCUT2D eigenvalue weighted by atomic mass is 15.2. The maximum absolute atomic E-state index is 4.69. The van der Waals surface area contributed by atoms with Crippen LogP contribution >= 0.6 is 0 Å². The molecule has 0 spiro atoms. The third-order valence-corrected chi connectivity index (χ3v) is 4.45. The summed E-state index contributed by atoms with van der Waals surface area (Å²) < 4.78 is 0. The number of anilines is 1. The Morgan fingerprint density at radius 2 is 1.67 bits per heavy atom. The summed E-state index contributed by atoms with van der Waals surface area (Å²) in [5.74, 6) is 2.03. The Hall–Kier alpha value is -1.05. The van der Waals surface area contributed by atoms with Gasteiger partial charge in [-0.2, -0.15) is 0 Å². The Morgan fingerprint density at radius 1 is 1.05 bits per heavy atom. The van der Waals surface area contributed by atoms with Crippen molar-refractivity contribution in [1.82, 2.24) is 4.98 Å². The second-order valence-electron chi connectivity index (χ2n) is 8.85. The Bertz CT molecular complexity index is 440. The monoisotopic (exact) mass is 288 g/mol. The molecule has 1 fully saturated rings. The molecule has 0 atom stereocenters. The predicted octanol–water partition coefficient (Wildman–Crippen LogP) is 5.03. The van der Waals surface area contributed by atoms with Gasteiger partial charge in [0.25, 0.3) is 0 Å². The van der Waals surface area contributed by atoms with Gasteiger partial charge in [-0.05, 0) is 47.6 Å². The molecule has 2 heterocycles. The third kappa shape index (κ3) is 4.72. The number of hydrogen-bond donors (Lipinski definition) is 0. The van der Waals surface area contributed by atoms with E-state index in [1.54, 1.807) is 0 Å². The molecule has 118 valence electrons. The summed E-state index contributed by atoms with van der Waals surface area (Å²) >= 11 is 0. The third-order valence-electron chi connectivity index (χ3n) is 4.45. The van der Waals surface area contributed by atoms with Gasteiger partial charge in [-0.1, -0.05) is 47.6 Å². The van der Waals surface area contributed by atoms with E-state index in [0.29, 0.717) is 5.41 Å². The van der Waals surface area contributed by atoms with Crippen LogP contribution in [0.3, 0.4) is 0 Å². The van der Waals surface area contributed by atoms with Crippen molar-refractivity contribution in [3.63, 3.8) is 0 Å². The first-order chi connectivity index (χ1) is 9.65. The van der Waals surface area contributed by atoms with Gasteiger partial charge < -0.3 is 4.90 Å². The van der Waals surface area contributed by atoms with Crippen LogP contribution in [-0.4, -0.2) is 18.1 Å². The summed E-state index contributed by atoms with van der Waals surface area (Å²) in [6.07, 6.45) is 6.01. The standard InChI is InChI=1S/C19H32N2/c1-18(2,3)13-15-9-11-21(12-10-15)17-8-7-16(14-20-17)19(4,5)6/h7-8,14-15H,9-13H2,1-6H3. The molecule has 1 aliphatic heterocycles. The molecule has 0 N–H and O–H groups in total. The smallest absolute Gasteiger partial charge is 0.128 e. The lowest BCUT2D eigenvalue weighted by atomic mass is 9.80. The van der Waals surface area contributed by atoms with E-state index in [4.69, 9.17) is 4.98 Å². The lowest BCUT2D eigenvalue weighted by Gasteiger charge is -2.35. The maximum atomic E-state index is 4.69. The van der Waals surface area contributed by atoms with Crippen LogP contribution in [0, 0.1) is 11.3 Å². The van der Waals surface area contributed by atoms with Crippen LogP contribution in [0.15, 0.2) is 18.3 Å². The minimum Gasteiger partial charge on any atom is -0.357 e. The van der Waals surface area contributed by atoms with Crippen LogP contribution in [0.4, 0.5) is 5.82 Å². The summed E-state index contributed by atoms with van der Waals surface area (Å²) in [5.41, 5.74) is 1.96. The fourth-order valence-electron chi connectivity index (χ4n) is 3.25. The lowest BCUT2D eigenvalue weighted by molar-refractivity contribution is 0.258. The molecule has 1 saturated heterocycles. The summed E-state index contributed by atoms with van der Waals surface area (Å²) in [4.78, 5) is 7.14. The first kappa shape index (κ1) is 16.3. The van der Waals surface area contributed by atoms with Gasteiger partial charge in [-0.25, -0.2) is 4.98 Å². The molecule has 1 aromatic rings. The summed E-state index contributed by atoms with van der Waals surface area (Å²) in [6.45, 7) is 16.1. The maximum Gasteiger partial charge on any atom is 0.128 e. The Morgan fingerprint density at radius 3 is 2.10 bits per heavy atom. The van der Waals surface area contributed by atoms with Gasteiger partial charge in [-0.15, -0.1) is 0 Å². The number of piperidine rings is 1. The SMILES string of the molecule is CC(C)(C)CC1CCN(c2ccc(C(C)(C)C)cn2)CC1. The second kappa shape index (κ2) is 5.98. The van der Waals surface area contributed by atoms with Crippen molar-refractivity contribution >= 4 is 5.82 Å². The first-order valence-electron chi connectivity index (χ1n) is 8.37. The minimum absolute atomic E-state index is 0.186. The van der Waals surface area contributed by atoms with Crippen LogP contribution in [0.2, 0.25) is 0 Å². The largest absolute Gasteiger partial charge is 0.357 e. The molecular weight excluding hydrogens is 256 g/mol. The van der Waals surface area contributed by atoms with Crippen molar-refractivity contribution < 1.29 is 0 Å². The number of pyridine rings is 1. The van der Waals surface area contributed by atoms with E-state index in [9.17, 15) is 0 Å². The molecule has 2 heteroatoms. The minimum atomic E-state index is 0.186. The second-order valence-corrected chi connectivity index (χ2v) is 8.85. The van der Waals surface area contributed by atoms with Crippen molar-refractivity contribution in [2.24, 2.45) is 11.3 Å². The van der Waals surface area contributed by atoms with Crippen LogP contribution in [0.5, 0.6) is 0 Å². The van der Waals surface area contributed by atoms with Crippen LogP contribution in [0.25, 0.3) is 0 Å². The lowest BCUT2D eigenvalue weighted by Crippen LogP contribution is -2.35. The van der Waals surface area contributed by atoms with Crippen LogP contribution in [0.1, 0.15) is 66.4 Å². The molecule has 0 unspecified atom stereocenters. The number of nitrogens with zero attached hydrogens (tertiary/aromatic N) is 2. The van der Waals surface area contributed by atoms with Crippen molar-refractivity contribution in [3.8, 4) is 0 Å². The fraction of sp³-hybridized carbons (Fsp3) is 0.737. The van der Waals surface area contributed by atoms with E-state index in [0.717, 1.165) is 24.8 Å². The molecule has 0 bridgehead atoms. The van der Waals surface area contributed by atoms with Crippen molar-refractivity contribution in [1.29, 1.82) is 0 Å². The number of aromatic nitrogens is 1. The zero-order valence-corrected chi connectivity index (χ0v) is 14.7. The molecule has 0 aromatic carbocycles. The van der Waals surface area contributed by atoms with Crippen molar-refractivity contribution in [2.75, 3.05) is 18.0 Å². The van der Waals surface area contributed by atoms with Crippen molar-refractivity contribution in [2.45, 2.75) is 66.2 Å². The summed E-state index contributed by atoms with van der Waals surface area (Å²) in [5, 5.41) is 0. The summed E-state index contributed by atoms with van der Waals surface area (Å²) in [7, 11) is 0. The van der Waals surface area contributed by atoms with E-state index in [1.807, 2.05) is 0 Å². The Balaban J connectivity index is 1.93. The van der Waals surface area contributed by atoms with Crippen LogP contribution < -0.4 is 4.90 Å². The van der Waals surface area contributed by atoms with E-state index >= 15 is 0 Å². The van der Waals surface area contributed by atoms with E-state index in [1.165, 1.54) is 24.8 Å². The Labute approximate surface area is 131 Å². The molecule has 1 aromatic heterocycles. The summed E-state index contributed by atoms with van der Waals surface area (Å²) in [6, 6.07) is 4.44. The highest BCUT2D eigenvalue weighted by Crippen LogP contribution is 2.32. The zero-order valence-electron chi connectivity index (χ0n) is 14.7.